The quantitative estimate of drug-likeness (QED) is 0.613. The second-order valence-corrected chi connectivity index (χ2v) is 5.08. The number of hydrogen-bond acceptors (Lipinski definition) is 4. The Morgan fingerprint density at radius 3 is 3.00 bits per heavy atom. The molecule has 5 heteroatoms. The summed E-state index contributed by atoms with van der Waals surface area (Å²) in [5.74, 6) is -0.354. The Balaban J connectivity index is 1.81. The van der Waals surface area contributed by atoms with Crippen LogP contribution in [0.2, 0.25) is 0 Å². The van der Waals surface area contributed by atoms with Gasteiger partial charge in [0.1, 0.15) is 0 Å². The molecule has 0 fully saturated rings. The zero-order valence-corrected chi connectivity index (χ0v) is 12.4. The third-order valence-electron chi connectivity index (χ3n) is 3.57. The zero-order chi connectivity index (χ0) is 15.1. The van der Waals surface area contributed by atoms with Gasteiger partial charge in [-0.1, -0.05) is 24.3 Å². The predicted molar refractivity (Wildman–Crippen MR) is 79.8 cm³/mol. The number of fused-ring (bicyclic) bond motifs is 1. The molecule has 1 aliphatic heterocycles. The minimum absolute atomic E-state index is 0.0125. The summed E-state index contributed by atoms with van der Waals surface area (Å²) < 4.78 is 4.85. The molecule has 1 amide bonds. The third kappa shape index (κ3) is 4.29. The van der Waals surface area contributed by atoms with Crippen LogP contribution in [0, 0.1) is 0 Å². The summed E-state index contributed by atoms with van der Waals surface area (Å²) >= 11 is 0. The van der Waals surface area contributed by atoms with E-state index in [-0.39, 0.29) is 17.8 Å². The second kappa shape index (κ2) is 7.78. The highest BCUT2D eigenvalue weighted by atomic mass is 16.5. The molecule has 1 atom stereocenters. The number of carbonyl (C=O) groups excluding carboxylic acids is 2. The van der Waals surface area contributed by atoms with Crippen molar-refractivity contribution >= 4 is 11.9 Å². The summed E-state index contributed by atoms with van der Waals surface area (Å²) in [6, 6.07) is 8.01. The Labute approximate surface area is 125 Å². The molecule has 0 saturated carbocycles. The average molecular weight is 290 g/mol. The van der Waals surface area contributed by atoms with E-state index in [0.717, 1.165) is 12.1 Å². The van der Waals surface area contributed by atoms with Crippen LogP contribution in [0.3, 0.4) is 0 Å². The fraction of sp³-hybridized carbons (Fsp3) is 0.500. The molecule has 0 saturated heterocycles. The Morgan fingerprint density at radius 1 is 1.38 bits per heavy atom. The zero-order valence-electron chi connectivity index (χ0n) is 12.4. The summed E-state index contributed by atoms with van der Waals surface area (Å²) in [5, 5.41) is 6.17. The highest BCUT2D eigenvalue weighted by Crippen LogP contribution is 2.23. The molecule has 1 aliphatic rings. The smallest absolute Gasteiger partial charge is 0.305 e. The lowest BCUT2D eigenvalue weighted by atomic mass is 9.90. The van der Waals surface area contributed by atoms with Gasteiger partial charge in [-0.25, -0.2) is 0 Å². The molecule has 1 unspecified atom stereocenters. The third-order valence-corrected chi connectivity index (χ3v) is 3.57. The van der Waals surface area contributed by atoms with E-state index in [4.69, 9.17) is 4.74 Å². The van der Waals surface area contributed by atoms with Crippen molar-refractivity contribution in [1.29, 1.82) is 0 Å². The molecule has 1 aromatic carbocycles. The van der Waals surface area contributed by atoms with Gasteiger partial charge in [0.2, 0.25) is 5.91 Å². The molecule has 114 valence electrons. The van der Waals surface area contributed by atoms with Gasteiger partial charge in [-0.3, -0.25) is 9.59 Å². The first-order valence-corrected chi connectivity index (χ1v) is 7.44. The molecule has 2 rings (SSSR count). The molecule has 0 aromatic heterocycles. The highest BCUT2D eigenvalue weighted by molar-refractivity contribution is 5.84. The Kier molecular flexibility index (Phi) is 5.75. The van der Waals surface area contributed by atoms with E-state index in [1.165, 1.54) is 5.56 Å². The minimum atomic E-state index is -0.212. The lowest BCUT2D eigenvalue weighted by molar-refractivity contribution is -0.143. The van der Waals surface area contributed by atoms with Gasteiger partial charge in [-0.2, -0.15) is 0 Å². The van der Waals surface area contributed by atoms with E-state index in [1.54, 1.807) is 6.92 Å². The number of ether oxygens (including phenoxy) is 1. The molecule has 0 bridgehead atoms. The van der Waals surface area contributed by atoms with Crippen LogP contribution < -0.4 is 10.6 Å². The molecule has 0 aliphatic carbocycles. The van der Waals surface area contributed by atoms with Gasteiger partial charge in [0.25, 0.3) is 0 Å². The molecule has 2 N–H and O–H groups in total. The van der Waals surface area contributed by atoms with Gasteiger partial charge < -0.3 is 15.4 Å². The van der Waals surface area contributed by atoms with Crippen LogP contribution in [0.5, 0.6) is 0 Å². The first-order valence-electron chi connectivity index (χ1n) is 7.44. The Morgan fingerprint density at radius 2 is 2.19 bits per heavy atom. The molecular weight excluding hydrogens is 268 g/mol. The maximum atomic E-state index is 12.3. The van der Waals surface area contributed by atoms with Gasteiger partial charge in [-0.05, 0) is 24.5 Å². The standard InChI is InChI=1S/C16H22N2O3/c1-2-21-15(19)8-5-9-18-16(20)14-11-17-10-12-6-3-4-7-13(12)14/h3-4,6-7,14,17H,2,5,8-11H2,1H3,(H,18,20). The Bertz CT molecular complexity index is 502. The summed E-state index contributed by atoms with van der Waals surface area (Å²) in [5.41, 5.74) is 2.27. The van der Waals surface area contributed by atoms with Crippen molar-refractivity contribution in [1.82, 2.24) is 10.6 Å². The van der Waals surface area contributed by atoms with Gasteiger partial charge in [0.15, 0.2) is 0 Å². The lowest BCUT2D eigenvalue weighted by Gasteiger charge is -2.25. The normalized spacial score (nSPS) is 16.9. The first-order chi connectivity index (χ1) is 10.2. The van der Waals surface area contributed by atoms with E-state index in [1.807, 2.05) is 24.3 Å². The number of esters is 1. The Hall–Kier alpha value is -1.88. The lowest BCUT2D eigenvalue weighted by Crippen LogP contribution is -2.39. The van der Waals surface area contributed by atoms with Gasteiger partial charge in [0.05, 0.1) is 12.5 Å². The van der Waals surface area contributed by atoms with Crippen LogP contribution in [-0.4, -0.2) is 31.6 Å². The monoisotopic (exact) mass is 290 g/mol. The molecule has 21 heavy (non-hydrogen) atoms. The summed E-state index contributed by atoms with van der Waals surface area (Å²) in [6.07, 6.45) is 0.944. The van der Waals surface area contributed by atoms with Crippen LogP contribution >= 0.6 is 0 Å². The second-order valence-electron chi connectivity index (χ2n) is 5.08. The van der Waals surface area contributed by atoms with Crippen molar-refractivity contribution in [2.24, 2.45) is 0 Å². The maximum absolute atomic E-state index is 12.3. The molecule has 0 spiro atoms. The van der Waals surface area contributed by atoms with Crippen LogP contribution in [0.1, 0.15) is 36.8 Å². The van der Waals surface area contributed by atoms with Gasteiger partial charge in [-0.15, -0.1) is 0 Å². The molecule has 1 heterocycles. The number of amides is 1. The molecule has 1 aromatic rings. The van der Waals surface area contributed by atoms with Crippen molar-refractivity contribution < 1.29 is 14.3 Å². The number of hydrogen-bond donors (Lipinski definition) is 2. The fourth-order valence-electron chi connectivity index (χ4n) is 2.53. The van der Waals surface area contributed by atoms with Crippen molar-refractivity contribution in [2.75, 3.05) is 19.7 Å². The SMILES string of the molecule is CCOC(=O)CCCNC(=O)C1CNCc2ccccc21. The van der Waals surface area contributed by atoms with Crippen molar-refractivity contribution in [2.45, 2.75) is 32.2 Å². The van der Waals surface area contributed by atoms with E-state index < -0.39 is 0 Å². The average Bonchev–Trinajstić information content (AvgIpc) is 2.51. The molecular formula is C16H22N2O3. The molecule has 0 radical (unpaired) electrons. The fourth-order valence-corrected chi connectivity index (χ4v) is 2.53. The highest BCUT2D eigenvalue weighted by Gasteiger charge is 2.25. The summed E-state index contributed by atoms with van der Waals surface area (Å²) in [7, 11) is 0. The van der Waals surface area contributed by atoms with Crippen molar-refractivity contribution in [3.05, 3.63) is 35.4 Å². The minimum Gasteiger partial charge on any atom is -0.466 e. The van der Waals surface area contributed by atoms with Crippen LogP contribution in [0.15, 0.2) is 24.3 Å². The summed E-state index contributed by atoms with van der Waals surface area (Å²) in [6.45, 7) is 4.14. The summed E-state index contributed by atoms with van der Waals surface area (Å²) in [4.78, 5) is 23.5. The van der Waals surface area contributed by atoms with E-state index in [9.17, 15) is 9.59 Å². The molecule has 5 nitrogen and oxygen atoms in total. The maximum Gasteiger partial charge on any atom is 0.305 e. The van der Waals surface area contributed by atoms with Crippen LogP contribution in [0.25, 0.3) is 0 Å². The van der Waals surface area contributed by atoms with Crippen molar-refractivity contribution in [3.63, 3.8) is 0 Å². The van der Waals surface area contributed by atoms with E-state index in [0.29, 0.717) is 32.5 Å². The number of benzene rings is 1. The topological polar surface area (TPSA) is 67.4 Å². The predicted octanol–water partition coefficient (Wildman–Crippen LogP) is 1.33. The van der Waals surface area contributed by atoms with Gasteiger partial charge in [0, 0.05) is 26.1 Å². The number of carbonyl (C=O) groups is 2. The van der Waals surface area contributed by atoms with Crippen LogP contribution in [0.4, 0.5) is 0 Å². The van der Waals surface area contributed by atoms with Crippen molar-refractivity contribution in [3.8, 4) is 0 Å². The van der Waals surface area contributed by atoms with E-state index in [2.05, 4.69) is 10.6 Å². The van der Waals surface area contributed by atoms with Gasteiger partial charge >= 0.3 is 5.97 Å². The number of nitrogens with one attached hydrogen (secondary N) is 2. The number of rotatable bonds is 6. The van der Waals surface area contributed by atoms with Crippen LogP contribution in [-0.2, 0) is 20.9 Å². The van der Waals surface area contributed by atoms with E-state index >= 15 is 0 Å². The first kappa shape index (κ1) is 15.5. The largest absolute Gasteiger partial charge is 0.466 e.